The molecule has 100 valence electrons. The predicted octanol–water partition coefficient (Wildman–Crippen LogP) is 2.98. The van der Waals surface area contributed by atoms with Crippen molar-refractivity contribution < 1.29 is 4.21 Å². The number of fused-ring (bicyclic) bond motifs is 1. The van der Waals surface area contributed by atoms with Crippen molar-refractivity contribution in [1.82, 2.24) is 5.32 Å². The minimum atomic E-state index is -0.663. The Kier molecular flexibility index (Phi) is 4.95. The molecule has 0 aliphatic heterocycles. The number of hydrogen-bond acceptors (Lipinski definition) is 2. The van der Waals surface area contributed by atoms with E-state index in [-0.39, 0.29) is 0 Å². The molecule has 0 spiro atoms. The smallest absolute Gasteiger partial charge is 0.0323 e. The Bertz CT molecular complexity index is 419. The van der Waals surface area contributed by atoms with E-state index in [0.717, 1.165) is 18.7 Å². The van der Waals surface area contributed by atoms with Crippen molar-refractivity contribution in [2.75, 3.05) is 18.6 Å². The van der Waals surface area contributed by atoms with Crippen LogP contribution >= 0.6 is 0 Å². The standard InChI is InChI=1S/C15H23NOS/c1-12-8-9-15(16-10-5-11-18(2)17)14-7-4-3-6-13(12)14/h3-4,6-7,12,15-16H,5,8-11H2,1-2H3. The molecule has 0 saturated carbocycles. The van der Waals surface area contributed by atoms with Crippen molar-refractivity contribution >= 4 is 10.8 Å². The van der Waals surface area contributed by atoms with Gasteiger partial charge in [-0.3, -0.25) is 4.21 Å². The number of nitrogens with one attached hydrogen (secondary N) is 1. The van der Waals surface area contributed by atoms with E-state index >= 15 is 0 Å². The third kappa shape index (κ3) is 3.42. The lowest BCUT2D eigenvalue weighted by Crippen LogP contribution is -2.27. The number of benzene rings is 1. The van der Waals surface area contributed by atoms with Crippen LogP contribution in [0, 0.1) is 0 Å². The fourth-order valence-electron chi connectivity index (χ4n) is 2.77. The Morgan fingerprint density at radius 1 is 1.28 bits per heavy atom. The summed E-state index contributed by atoms with van der Waals surface area (Å²) in [6, 6.07) is 9.27. The van der Waals surface area contributed by atoms with Crippen LogP contribution in [0.25, 0.3) is 0 Å². The molecule has 1 aliphatic rings. The van der Waals surface area contributed by atoms with Crippen LogP contribution in [0.5, 0.6) is 0 Å². The molecule has 0 radical (unpaired) electrons. The molecule has 1 aromatic carbocycles. The fraction of sp³-hybridized carbons (Fsp3) is 0.600. The monoisotopic (exact) mass is 265 g/mol. The molecular weight excluding hydrogens is 242 g/mol. The van der Waals surface area contributed by atoms with Crippen molar-refractivity contribution in [3.63, 3.8) is 0 Å². The maximum Gasteiger partial charge on any atom is 0.0323 e. The van der Waals surface area contributed by atoms with Crippen LogP contribution in [0.15, 0.2) is 24.3 Å². The molecule has 2 rings (SSSR count). The summed E-state index contributed by atoms with van der Waals surface area (Å²) in [6.07, 6.45) is 5.25. The summed E-state index contributed by atoms with van der Waals surface area (Å²) < 4.78 is 11.0. The largest absolute Gasteiger partial charge is 0.310 e. The van der Waals surface area contributed by atoms with Crippen LogP contribution in [-0.2, 0) is 10.8 Å². The summed E-state index contributed by atoms with van der Waals surface area (Å²) in [5.41, 5.74) is 2.97. The molecule has 3 unspecified atom stereocenters. The third-order valence-corrected chi connectivity index (χ3v) is 4.65. The van der Waals surface area contributed by atoms with Gasteiger partial charge in [-0.25, -0.2) is 0 Å². The van der Waals surface area contributed by atoms with E-state index in [1.165, 1.54) is 24.0 Å². The van der Waals surface area contributed by atoms with Crippen molar-refractivity contribution in [3.8, 4) is 0 Å². The molecule has 0 fully saturated rings. The molecule has 0 bridgehead atoms. The second-order valence-electron chi connectivity index (χ2n) is 5.24. The minimum Gasteiger partial charge on any atom is -0.310 e. The Hall–Kier alpha value is -0.670. The van der Waals surface area contributed by atoms with E-state index in [0.29, 0.717) is 12.0 Å². The summed E-state index contributed by atoms with van der Waals surface area (Å²) in [5.74, 6) is 1.49. The minimum absolute atomic E-state index is 0.489. The van der Waals surface area contributed by atoms with Gasteiger partial charge in [-0.2, -0.15) is 0 Å². The molecule has 2 nitrogen and oxygen atoms in total. The van der Waals surface area contributed by atoms with Crippen LogP contribution in [0.1, 0.15) is 49.3 Å². The van der Waals surface area contributed by atoms with Crippen molar-refractivity contribution in [3.05, 3.63) is 35.4 Å². The highest BCUT2D eigenvalue weighted by Gasteiger charge is 2.23. The van der Waals surface area contributed by atoms with Gasteiger partial charge in [-0.1, -0.05) is 31.2 Å². The Morgan fingerprint density at radius 3 is 2.72 bits per heavy atom. The van der Waals surface area contributed by atoms with Gasteiger partial charge in [0.25, 0.3) is 0 Å². The Morgan fingerprint density at radius 2 is 2.00 bits per heavy atom. The van der Waals surface area contributed by atoms with Gasteiger partial charge in [0.15, 0.2) is 0 Å². The lowest BCUT2D eigenvalue weighted by atomic mass is 9.81. The topological polar surface area (TPSA) is 29.1 Å². The maximum atomic E-state index is 11.0. The molecule has 0 heterocycles. The summed E-state index contributed by atoms with van der Waals surface area (Å²) in [5, 5.41) is 3.62. The summed E-state index contributed by atoms with van der Waals surface area (Å²) in [4.78, 5) is 0. The van der Waals surface area contributed by atoms with Gasteiger partial charge in [0.2, 0.25) is 0 Å². The fourth-order valence-corrected chi connectivity index (χ4v) is 3.32. The molecule has 0 amide bonds. The quantitative estimate of drug-likeness (QED) is 0.829. The van der Waals surface area contributed by atoms with E-state index < -0.39 is 10.8 Å². The van der Waals surface area contributed by atoms with Crippen LogP contribution in [0.2, 0.25) is 0 Å². The first-order valence-corrected chi connectivity index (χ1v) is 8.53. The summed E-state index contributed by atoms with van der Waals surface area (Å²) in [6.45, 7) is 3.28. The van der Waals surface area contributed by atoms with Gasteiger partial charge in [0, 0.05) is 28.9 Å². The van der Waals surface area contributed by atoms with Gasteiger partial charge >= 0.3 is 0 Å². The molecule has 1 aliphatic carbocycles. The Labute approximate surface area is 113 Å². The zero-order valence-electron chi connectivity index (χ0n) is 11.3. The molecule has 3 atom stereocenters. The van der Waals surface area contributed by atoms with Gasteiger partial charge < -0.3 is 5.32 Å². The average Bonchev–Trinajstić information content (AvgIpc) is 2.37. The van der Waals surface area contributed by atoms with E-state index in [4.69, 9.17) is 0 Å². The number of hydrogen-bond donors (Lipinski definition) is 1. The first-order valence-electron chi connectivity index (χ1n) is 6.80. The van der Waals surface area contributed by atoms with Crippen LogP contribution in [0.4, 0.5) is 0 Å². The molecule has 3 heteroatoms. The zero-order chi connectivity index (χ0) is 13.0. The molecule has 0 aromatic heterocycles. The van der Waals surface area contributed by atoms with Crippen molar-refractivity contribution in [1.29, 1.82) is 0 Å². The van der Waals surface area contributed by atoms with Crippen molar-refractivity contribution in [2.24, 2.45) is 0 Å². The molecule has 1 aromatic rings. The van der Waals surface area contributed by atoms with E-state index in [1.807, 2.05) is 0 Å². The van der Waals surface area contributed by atoms with E-state index in [9.17, 15) is 4.21 Å². The lowest BCUT2D eigenvalue weighted by Gasteiger charge is -2.30. The normalized spacial score (nSPS) is 24.6. The first-order chi connectivity index (χ1) is 8.68. The number of rotatable bonds is 5. The van der Waals surface area contributed by atoms with Gasteiger partial charge in [0.05, 0.1) is 0 Å². The SMILES string of the molecule is CC1CCC(NCCCS(C)=O)c2ccccc21. The van der Waals surface area contributed by atoms with Gasteiger partial charge in [-0.05, 0) is 42.9 Å². The van der Waals surface area contributed by atoms with Crippen molar-refractivity contribution in [2.45, 2.75) is 38.1 Å². The zero-order valence-corrected chi connectivity index (χ0v) is 12.1. The third-order valence-electron chi connectivity index (χ3n) is 3.79. The van der Waals surface area contributed by atoms with Crippen LogP contribution < -0.4 is 5.32 Å². The molecular formula is C15H23NOS. The lowest BCUT2D eigenvalue weighted by molar-refractivity contribution is 0.433. The second-order valence-corrected chi connectivity index (χ2v) is 6.80. The summed E-state index contributed by atoms with van der Waals surface area (Å²) in [7, 11) is -0.663. The second kappa shape index (κ2) is 6.48. The summed E-state index contributed by atoms with van der Waals surface area (Å²) >= 11 is 0. The van der Waals surface area contributed by atoms with E-state index in [1.54, 1.807) is 6.26 Å². The van der Waals surface area contributed by atoms with Crippen LogP contribution in [0.3, 0.4) is 0 Å². The first kappa shape index (κ1) is 13.8. The van der Waals surface area contributed by atoms with Crippen LogP contribution in [-0.4, -0.2) is 22.8 Å². The Balaban J connectivity index is 1.94. The molecule has 1 N–H and O–H groups in total. The highest BCUT2D eigenvalue weighted by atomic mass is 32.2. The van der Waals surface area contributed by atoms with Gasteiger partial charge in [-0.15, -0.1) is 0 Å². The highest BCUT2D eigenvalue weighted by Crippen LogP contribution is 2.36. The molecule has 18 heavy (non-hydrogen) atoms. The average molecular weight is 265 g/mol. The van der Waals surface area contributed by atoms with Gasteiger partial charge in [0.1, 0.15) is 0 Å². The predicted molar refractivity (Wildman–Crippen MR) is 78.4 cm³/mol. The molecule has 0 saturated heterocycles. The highest BCUT2D eigenvalue weighted by molar-refractivity contribution is 7.84. The van der Waals surface area contributed by atoms with E-state index in [2.05, 4.69) is 36.5 Å². The maximum absolute atomic E-state index is 11.0.